The predicted octanol–water partition coefficient (Wildman–Crippen LogP) is 19.5. The minimum atomic E-state index is -0.799. The van der Waals surface area contributed by atoms with Crippen molar-refractivity contribution < 1.29 is 28.6 Å². The summed E-state index contributed by atoms with van der Waals surface area (Å²) in [6.07, 6.45) is 77.9. The zero-order valence-electron chi connectivity index (χ0n) is 45.5. The van der Waals surface area contributed by atoms with Crippen LogP contribution in [0.2, 0.25) is 0 Å². The van der Waals surface area contributed by atoms with Crippen LogP contribution in [0.3, 0.4) is 0 Å². The summed E-state index contributed by atoms with van der Waals surface area (Å²) in [5.41, 5.74) is 0. The van der Waals surface area contributed by atoms with E-state index < -0.39 is 6.10 Å². The summed E-state index contributed by atoms with van der Waals surface area (Å²) in [5.74, 6) is -0.932. The number of ether oxygens (including phenoxy) is 3. The molecule has 0 amide bonds. The molecule has 0 aliphatic heterocycles. The second kappa shape index (κ2) is 57.6. The van der Waals surface area contributed by atoms with Crippen molar-refractivity contribution in [3.8, 4) is 0 Å². The molecule has 0 spiro atoms. The van der Waals surface area contributed by atoms with E-state index in [0.29, 0.717) is 19.3 Å². The van der Waals surface area contributed by atoms with E-state index >= 15 is 0 Å². The van der Waals surface area contributed by atoms with Gasteiger partial charge in [0.05, 0.1) is 0 Å². The summed E-state index contributed by atoms with van der Waals surface area (Å²) in [4.78, 5) is 38.2. The van der Waals surface area contributed by atoms with Gasteiger partial charge in [0, 0.05) is 19.3 Å². The molecule has 0 bridgehead atoms. The largest absolute Gasteiger partial charge is 0.462 e. The Bertz CT molecular complexity index is 1440. The van der Waals surface area contributed by atoms with E-state index in [-0.39, 0.29) is 31.1 Å². The quantitative estimate of drug-likeness (QED) is 0.0262. The SMILES string of the molecule is CC/C=C\C/C=C\C/C=C\C/C=C\CCCCCCCCCCC(=O)OCC(COC(=O)CCCCCCC/C=C\C/C=C\C/C=C\CC)OC(=O)CCCCCCC/C=C\C/C=C\CCCCCC. The molecular weight excluding hydrogens is 865 g/mol. The van der Waals surface area contributed by atoms with Crippen LogP contribution < -0.4 is 0 Å². The molecule has 6 nitrogen and oxygen atoms in total. The minimum Gasteiger partial charge on any atom is -0.462 e. The molecule has 0 aromatic carbocycles. The Balaban J connectivity index is 4.43. The lowest BCUT2D eigenvalue weighted by Crippen LogP contribution is -2.30. The van der Waals surface area contributed by atoms with Gasteiger partial charge in [-0.15, -0.1) is 0 Å². The first-order valence-corrected chi connectivity index (χ1v) is 28.9. The number of esters is 3. The Kier molecular flexibility index (Phi) is 54.4. The average molecular weight is 972 g/mol. The van der Waals surface area contributed by atoms with Crippen LogP contribution in [0.15, 0.2) is 109 Å². The maximum atomic E-state index is 12.9. The second-order valence-corrected chi connectivity index (χ2v) is 18.8. The number of hydrogen-bond donors (Lipinski definition) is 0. The molecule has 0 aromatic heterocycles. The maximum Gasteiger partial charge on any atom is 0.306 e. The van der Waals surface area contributed by atoms with E-state index in [0.717, 1.165) is 154 Å². The molecule has 0 radical (unpaired) electrons. The first kappa shape index (κ1) is 66.1. The van der Waals surface area contributed by atoms with Crippen LogP contribution in [-0.2, 0) is 28.6 Å². The average Bonchev–Trinajstić information content (AvgIpc) is 3.36. The maximum absolute atomic E-state index is 12.9. The van der Waals surface area contributed by atoms with Gasteiger partial charge in [-0.1, -0.05) is 226 Å². The standard InChI is InChI=1S/C64H106O6/c1-4-7-10-13-16-19-22-25-28-30-31-32-33-34-37-39-42-45-48-51-54-57-63(66)69-60-61(59-68-62(65)56-53-50-47-44-41-38-35-27-24-21-18-15-12-9-6-3)70-64(67)58-55-52-49-46-43-40-36-29-26-23-20-17-14-11-8-5-2/h7,9-10,12,16,18-21,23,25,27-29,31-32,35-36,61H,4-6,8,11,13-15,17,22,24,26,30,33-34,37-60H2,1-3H3/b10-7-,12-9-,19-16-,21-18-,23-20-,28-25-,32-31-,35-27-,36-29-. The zero-order valence-corrected chi connectivity index (χ0v) is 45.5. The van der Waals surface area contributed by atoms with Gasteiger partial charge in [0.15, 0.2) is 6.10 Å². The summed E-state index contributed by atoms with van der Waals surface area (Å²) in [7, 11) is 0. The van der Waals surface area contributed by atoms with Crippen LogP contribution >= 0.6 is 0 Å². The van der Waals surface area contributed by atoms with E-state index in [2.05, 4.69) is 130 Å². The second-order valence-electron chi connectivity index (χ2n) is 18.8. The Labute approximate surface area is 431 Å². The topological polar surface area (TPSA) is 78.9 Å². The lowest BCUT2D eigenvalue weighted by atomic mass is 10.1. The minimum absolute atomic E-state index is 0.0952. The van der Waals surface area contributed by atoms with E-state index in [1.807, 2.05) is 0 Å². The fourth-order valence-corrected chi connectivity index (χ4v) is 7.71. The number of hydrogen-bond acceptors (Lipinski definition) is 6. The number of carbonyl (C=O) groups excluding carboxylic acids is 3. The zero-order chi connectivity index (χ0) is 50.7. The van der Waals surface area contributed by atoms with E-state index in [9.17, 15) is 14.4 Å². The lowest BCUT2D eigenvalue weighted by Gasteiger charge is -2.18. The first-order valence-electron chi connectivity index (χ1n) is 28.9. The van der Waals surface area contributed by atoms with Gasteiger partial charge < -0.3 is 14.2 Å². The van der Waals surface area contributed by atoms with Crippen LogP contribution in [0.5, 0.6) is 0 Å². The van der Waals surface area contributed by atoms with E-state index in [1.165, 1.54) is 64.2 Å². The Morgan fingerprint density at radius 2 is 0.557 bits per heavy atom. The van der Waals surface area contributed by atoms with E-state index in [1.54, 1.807) is 0 Å². The molecule has 0 aliphatic rings. The fraction of sp³-hybridized carbons (Fsp3) is 0.672. The molecule has 6 heteroatoms. The first-order chi connectivity index (χ1) is 34.5. The third-order valence-electron chi connectivity index (χ3n) is 12.0. The number of rotatable bonds is 51. The lowest BCUT2D eigenvalue weighted by molar-refractivity contribution is -0.167. The van der Waals surface area contributed by atoms with Crippen LogP contribution in [0.4, 0.5) is 0 Å². The van der Waals surface area contributed by atoms with Gasteiger partial charge >= 0.3 is 17.9 Å². The van der Waals surface area contributed by atoms with Crippen LogP contribution in [-0.4, -0.2) is 37.2 Å². The Morgan fingerprint density at radius 3 is 0.871 bits per heavy atom. The van der Waals surface area contributed by atoms with Crippen molar-refractivity contribution in [2.24, 2.45) is 0 Å². The van der Waals surface area contributed by atoms with Gasteiger partial charge in [-0.3, -0.25) is 14.4 Å². The molecule has 0 saturated heterocycles. The van der Waals surface area contributed by atoms with Gasteiger partial charge in [-0.25, -0.2) is 0 Å². The predicted molar refractivity (Wildman–Crippen MR) is 302 cm³/mol. The van der Waals surface area contributed by atoms with Crippen molar-refractivity contribution >= 4 is 17.9 Å². The van der Waals surface area contributed by atoms with Crippen molar-refractivity contribution in [3.63, 3.8) is 0 Å². The number of unbranched alkanes of at least 4 members (excludes halogenated alkanes) is 22. The number of carbonyl (C=O) groups is 3. The Morgan fingerprint density at radius 1 is 0.300 bits per heavy atom. The third-order valence-corrected chi connectivity index (χ3v) is 12.0. The molecule has 0 heterocycles. The summed E-state index contributed by atoms with van der Waals surface area (Å²) in [6, 6.07) is 0. The molecule has 0 aliphatic carbocycles. The van der Waals surface area contributed by atoms with Crippen LogP contribution in [0, 0.1) is 0 Å². The Hall–Kier alpha value is -3.93. The van der Waals surface area contributed by atoms with E-state index in [4.69, 9.17) is 14.2 Å². The van der Waals surface area contributed by atoms with Gasteiger partial charge in [-0.2, -0.15) is 0 Å². The molecule has 0 fully saturated rings. The highest BCUT2D eigenvalue weighted by atomic mass is 16.6. The highest BCUT2D eigenvalue weighted by molar-refractivity contribution is 5.71. The summed E-state index contributed by atoms with van der Waals surface area (Å²) in [5, 5.41) is 0. The van der Waals surface area contributed by atoms with Crippen molar-refractivity contribution in [1.29, 1.82) is 0 Å². The molecule has 1 unspecified atom stereocenters. The molecule has 398 valence electrons. The molecule has 0 N–H and O–H groups in total. The normalized spacial score (nSPS) is 12.9. The molecule has 70 heavy (non-hydrogen) atoms. The van der Waals surface area contributed by atoms with Crippen LogP contribution in [0.1, 0.15) is 258 Å². The fourth-order valence-electron chi connectivity index (χ4n) is 7.71. The highest BCUT2D eigenvalue weighted by Gasteiger charge is 2.19. The molecule has 1 atom stereocenters. The summed E-state index contributed by atoms with van der Waals surface area (Å²) < 4.78 is 16.8. The van der Waals surface area contributed by atoms with Crippen LogP contribution in [0.25, 0.3) is 0 Å². The smallest absolute Gasteiger partial charge is 0.306 e. The van der Waals surface area contributed by atoms with Crippen molar-refractivity contribution in [2.45, 2.75) is 264 Å². The molecule has 0 rings (SSSR count). The van der Waals surface area contributed by atoms with Gasteiger partial charge in [0.1, 0.15) is 13.2 Å². The van der Waals surface area contributed by atoms with Gasteiger partial charge in [-0.05, 0) is 122 Å². The van der Waals surface area contributed by atoms with Crippen molar-refractivity contribution in [1.82, 2.24) is 0 Å². The van der Waals surface area contributed by atoms with Crippen molar-refractivity contribution in [2.75, 3.05) is 13.2 Å². The number of allylic oxidation sites excluding steroid dienone is 18. The van der Waals surface area contributed by atoms with Gasteiger partial charge in [0.25, 0.3) is 0 Å². The summed E-state index contributed by atoms with van der Waals surface area (Å²) >= 11 is 0. The monoisotopic (exact) mass is 971 g/mol. The highest BCUT2D eigenvalue weighted by Crippen LogP contribution is 2.14. The molecular formula is C64H106O6. The molecule has 0 aromatic rings. The van der Waals surface area contributed by atoms with Gasteiger partial charge in [0.2, 0.25) is 0 Å². The third kappa shape index (κ3) is 55.0. The molecule has 0 saturated carbocycles. The van der Waals surface area contributed by atoms with Crippen molar-refractivity contribution in [3.05, 3.63) is 109 Å². The summed E-state index contributed by atoms with van der Waals surface area (Å²) in [6.45, 7) is 6.37.